The van der Waals surface area contributed by atoms with Gasteiger partial charge < -0.3 is 10.6 Å². The summed E-state index contributed by atoms with van der Waals surface area (Å²) in [5, 5.41) is 3.06. The fourth-order valence-electron chi connectivity index (χ4n) is 2.96. The van der Waals surface area contributed by atoms with Crippen LogP contribution in [-0.4, -0.2) is 17.4 Å². The Balaban J connectivity index is 1.88. The number of carbonyl (C=O) groups is 1. The van der Waals surface area contributed by atoms with Crippen LogP contribution in [-0.2, 0) is 11.2 Å². The van der Waals surface area contributed by atoms with E-state index in [9.17, 15) is 4.79 Å². The third-order valence-corrected chi connectivity index (χ3v) is 5.74. The minimum absolute atomic E-state index is 0.0993. The molecule has 0 saturated carbocycles. The summed E-state index contributed by atoms with van der Waals surface area (Å²) in [6, 6.07) is 14.9. The van der Waals surface area contributed by atoms with Crippen molar-refractivity contribution in [1.82, 2.24) is 4.98 Å². The van der Waals surface area contributed by atoms with Gasteiger partial charge in [0.05, 0.1) is 5.01 Å². The summed E-state index contributed by atoms with van der Waals surface area (Å²) in [5.41, 5.74) is 11.4. The Labute approximate surface area is 164 Å². The zero-order chi connectivity index (χ0) is 19.4. The zero-order valence-electron chi connectivity index (χ0n) is 16.0. The predicted molar refractivity (Wildman–Crippen MR) is 112 cm³/mol. The minimum atomic E-state index is -0.689. The van der Waals surface area contributed by atoms with Crippen molar-refractivity contribution in [1.29, 1.82) is 0 Å². The SMILES string of the molecule is Cc1csc(CCN(C(=O)[C@@H](N)c2ccccc2)c2ccc(C)c(C)c2)n1. The fourth-order valence-corrected chi connectivity index (χ4v) is 3.72. The van der Waals surface area contributed by atoms with Gasteiger partial charge in [-0.05, 0) is 49.6 Å². The second kappa shape index (κ2) is 8.46. The van der Waals surface area contributed by atoms with E-state index in [1.54, 1.807) is 16.2 Å². The molecule has 0 bridgehead atoms. The molecule has 0 spiro atoms. The molecule has 3 aromatic rings. The lowest BCUT2D eigenvalue weighted by Crippen LogP contribution is -2.40. The highest BCUT2D eigenvalue weighted by atomic mass is 32.1. The molecule has 0 radical (unpaired) electrons. The maximum absolute atomic E-state index is 13.3. The molecule has 0 aliphatic carbocycles. The van der Waals surface area contributed by atoms with E-state index in [1.165, 1.54) is 5.56 Å². The number of benzene rings is 2. The maximum atomic E-state index is 13.3. The molecular formula is C22H25N3OS. The van der Waals surface area contributed by atoms with Gasteiger partial charge in [0.2, 0.25) is 5.91 Å². The van der Waals surface area contributed by atoms with Crippen molar-refractivity contribution in [3.63, 3.8) is 0 Å². The Morgan fingerprint density at radius 3 is 2.48 bits per heavy atom. The van der Waals surface area contributed by atoms with Crippen LogP contribution >= 0.6 is 11.3 Å². The molecule has 5 heteroatoms. The standard InChI is InChI=1S/C22H25N3OS/c1-15-9-10-19(13-16(15)2)25(12-11-20-24-17(3)14-27-20)22(26)21(23)18-7-5-4-6-8-18/h4-10,13-14,21H,11-12,23H2,1-3H3/t21-/m0/s1. The van der Waals surface area contributed by atoms with Crippen molar-refractivity contribution in [2.45, 2.75) is 33.2 Å². The fraction of sp³-hybridized carbons (Fsp3) is 0.273. The number of thiazole rings is 1. The van der Waals surface area contributed by atoms with Gasteiger partial charge in [0.1, 0.15) is 6.04 Å². The summed E-state index contributed by atoms with van der Waals surface area (Å²) in [5.74, 6) is -0.0993. The number of aromatic nitrogens is 1. The van der Waals surface area contributed by atoms with E-state index < -0.39 is 6.04 Å². The van der Waals surface area contributed by atoms with Gasteiger partial charge in [-0.25, -0.2) is 4.98 Å². The first-order chi connectivity index (χ1) is 13.0. The first-order valence-corrected chi connectivity index (χ1v) is 9.94. The molecule has 0 unspecified atom stereocenters. The van der Waals surface area contributed by atoms with Crippen LogP contribution in [0.5, 0.6) is 0 Å². The summed E-state index contributed by atoms with van der Waals surface area (Å²) in [4.78, 5) is 19.6. The number of rotatable bonds is 6. The third-order valence-electron chi connectivity index (χ3n) is 4.71. The molecular weight excluding hydrogens is 354 g/mol. The van der Waals surface area contributed by atoms with E-state index in [4.69, 9.17) is 5.73 Å². The molecule has 3 rings (SSSR count). The third kappa shape index (κ3) is 4.62. The van der Waals surface area contributed by atoms with Crippen LogP contribution < -0.4 is 10.6 Å². The highest BCUT2D eigenvalue weighted by Gasteiger charge is 2.24. The summed E-state index contributed by atoms with van der Waals surface area (Å²) in [6.07, 6.45) is 0.707. The number of nitrogens with zero attached hydrogens (tertiary/aromatic N) is 2. The summed E-state index contributed by atoms with van der Waals surface area (Å²) in [7, 11) is 0. The lowest BCUT2D eigenvalue weighted by atomic mass is 10.0. The van der Waals surface area contributed by atoms with E-state index >= 15 is 0 Å². The van der Waals surface area contributed by atoms with Crippen molar-refractivity contribution in [2.24, 2.45) is 5.73 Å². The van der Waals surface area contributed by atoms with Crippen LogP contribution in [0.25, 0.3) is 0 Å². The zero-order valence-corrected chi connectivity index (χ0v) is 16.8. The molecule has 1 atom stereocenters. The number of carbonyl (C=O) groups excluding carboxylic acids is 1. The van der Waals surface area contributed by atoms with Gasteiger partial charge in [-0.2, -0.15) is 0 Å². The maximum Gasteiger partial charge on any atom is 0.248 e. The molecule has 1 aromatic heterocycles. The average molecular weight is 380 g/mol. The number of amides is 1. The smallest absolute Gasteiger partial charge is 0.248 e. The summed E-state index contributed by atoms with van der Waals surface area (Å²) >= 11 is 1.63. The van der Waals surface area contributed by atoms with Crippen molar-refractivity contribution in [2.75, 3.05) is 11.4 Å². The van der Waals surface area contributed by atoms with Crippen LogP contribution in [0.1, 0.15) is 33.4 Å². The largest absolute Gasteiger partial charge is 0.316 e. The van der Waals surface area contributed by atoms with Gasteiger partial charge in [-0.3, -0.25) is 4.79 Å². The van der Waals surface area contributed by atoms with E-state index in [0.29, 0.717) is 13.0 Å². The predicted octanol–water partition coefficient (Wildman–Crippen LogP) is 4.34. The second-order valence-electron chi connectivity index (χ2n) is 6.78. The van der Waals surface area contributed by atoms with Crippen LogP contribution in [0.15, 0.2) is 53.9 Å². The molecule has 2 N–H and O–H groups in total. The minimum Gasteiger partial charge on any atom is -0.316 e. The van der Waals surface area contributed by atoms with Crippen molar-refractivity contribution in [3.8, 4) is 0 Å². The number of anilines is 1. The van der Waals surface area contributed by atoms with Crippen molar-refractivity contribution >= 4 is 22.9 Å². The number of nitrogens with two attached hydrogens (primary N) is 1. The van der Waals surface area contributed by atoms with Gasteiger partial charge >= 0.3 is 0 Å². The van der Waals surface area contributed by atoms with E-state index in [-0.39, 0.29) is 5.91 Å². The molecule has 140 valence electrons. The van der Waals surface area contributed by atoms with Crippen LogP contribution in [0.4, 0.5) is 5.69 Å². The van der Waals surface area contributed by atoms with Gasteiger partial charge in [0.25, 0.3) is 0 Å². The molecule has 0 fully saturated rings. The monoisotopic (exact) mass is 379 g/mol. The Kier molecular flexibility index (Phi) is 6.04. The van der Waals surface area contributed by atoms with Gasteiger partial charge in [0, 0.05) is 29.7 Å². The van der Waals surface area contributed by atoms with Gasteiger partial charge in [0.15, 0.2) is 0 Å². The highest BCUT2D eigenvalue weighted by Crippen LogP contribution is 2.23. The quantitative estimate of drug-likeness (QED) is 0.693. The van der Waals surface area contributed by atoms with Crippen molar-refractivity contribution < 1.29 is 4.79 Å². The number of aryl methyl sites for hydroxylation is 3. The first-order valence-electron chi connectivity index (χ1n) is 9.06. The molecule has 2 aromatic carbocycles. The molecule has 1 amide bonds. The van der Waals surface area contributed by atoms with Gasteiger partial charge in [-0.15, -0.1) is 11.3 Å². The van der Waals surface area contributed by atoms with Crippen molar-refractivity contribution in [3.05, 3.63) is 81.3 Å². The number of hydrogen-bond acceptors (Lipinski definition) is 4. The Hall–Kier alpha value is -2.50. The van der Waals surface area contributed by atoms with E-state index in [1.807, 2.05) is 54.8 Å². The molecule has 0 aliphatic rings. The molecule has 1 heterocycles. The average Bonchev–Trinajstić information content (AvgIpc) is 3.09. The first kappa shape index (κ1) is 19.3. The van der Waals surface area contributed by atoms with Gasteiger partial charge in [-0.1, -0.05) is 36.4 Å². The van der Waals surface area contributed by atoms with E-state index in [0.717, 1.165) is 27.5 Å². The topological polar surface area (TPSA) is 59.2 Å². The Morgan fingerprint density at radius 2 is 1.85 bits per heavy atom. The Bertz CT molecular complexity index is 920. The van der Waals surface area contributed by atoms with Crippen LogP contribution in [0.2, 0.25) is 0 Å². The lowest BCUT2D eigenvalue weighted by Gasteiger charge is -2.26. The molecule has 27 heavy (non-hydrogen) atoms. The van der Waals surface area contributed by atoms with E-state index in [2.05, 4.69) is 24.9 Å². The van der Waals surface area contributed by atoms with Crippen LogP contribution in [0, 0.1) is 20.8 Å². The molecule has 4 nitrogen and oxygen atoms in total. The lowest BCUT2D eigenvalue weighted by molar-refractivity contribution is -0.120. The second-order valence-corrected chi connectivity index (χ2v) is 7.72. The Morgan fingerprint density at radius 1 is 1.11 bits per heavy atom. The normalized spacial score (nSPS) is 12.0. The molecule has 0 saturated heterocycles. The van der Waals surface area contributed by atoms with Crippen LogP contribution in [0.3, 0.4) is 0 Å². The summed E-state index contributed by atoms with van der Waals surface area (Å²) in [6.45, 7) is 6.66. The highest BCUT2D eigenvalue weighted by molar-refractivity contribution is 7.09. The molecule has 0 aliphatic heterocycles. The number of hydrogen-bond donors (Lipinski definition) is 1. The summed E-state index contributed by atoms with van der Waals surface area (Å²) < 4.78 is 0.